The molecule has 7 aliphatic rings. The van der Waals surface area contributed by atoms with E-state index in [1.165, 1.54) is 14.2 Å². The Bertz CT molecular complexity index is 3180. The highest BCUT2D eigenvalue weighted by Gasteiger charge is 2.55. The van der Waals surface area contributed by atoms with Gasteiger partial charge in [-0.05, 0) is 140 Å². The number of thioether (sulfide) groups is 12. The lowest BCUT2D eigenvalue weighted by Crippen LogP contribution is -2.62. The number of fused-ring (bicyclic) bond motifs is 6. The molecule has 83 heavy (non-hydrogen) atoms. The lowest BCUT2D eigenvalue weighted by molar-refractivity contribution is -0.314. The Hall–Kier alpha value is -1.12. The van der Waals surface area contributed by atoms with E-state index < -0.39 is 43.9 Å². The molecule has 0 spiro atoms. The van der Waals surface area contributed by atoms with E-state index in [0.29, 0.717) is 29.5 Å². The molecule has 0 aliphatic carbocycles. The van der Waals surface area contributed by atoms with Crippen LogP contribution >= 0.6 is 141 Å². The van der Waals surface area contributed by atoms with Crippen LogP contribution in [0.25, 0.3) is 0 Å². The third-order valence-corrected chi connectivity index (χ3v) is 31.6. The van der Waals surface area contributed by atoms with Gasteiger partial charge >= 0.3 is 23.9 Å². The lowest BCUT2D eigenvalue weighted by Gasteiger charge is -2.54. The predicted octanol–water partition coefficient (Wildman–Crippen LogP) is 19.3. The van der Waals surface area contributed by atoms with Gasteiger partial charge in [-0.1, -0.05) is 30.3 Å². The van der Waals surface area contributed by atoms with Gasteiger partial charge in [-0.25, -0.2) is 19.2 Å². The maximum atomic E-state index is 15.4. The normalized spacial score (nSPS) is 22.5. The smallest absolute Gasteiger partial charge is 0.344 e. The number of hydrogen-bond donors (Lipinski definition) is 0. The topological polar surface area (TPSA) is 118 Å². The predicted molar refractivity (Wildman–Crippen MR) is 353 cm³/mol. The summed E-state index contributed by atoms with van der Waals surface area (Å²) in [6.45, 7) is 36.5. The maximum absolute atomic E-state index is 15.4. The zero-order valence-corrected chi connectivity index (χ0v) is 60.0. The molecule has 1 unspecified atom stereocenters. The Balaban J connectivity index is 1.08. The Kier molecular flexibility index (Phi) is 16.9. The molecule has 1 atom stereocenters. The van der Waals surface area contributed by atoms with Gasteiger partial charge in [-0.2, -0.15) is 5.06 Å². The SMILES string of the molecule is COC(=O)c1c2c(c([C](c3c4c(c(C(=O)OC)c5c3SC(C)(C)S5)SC(C)(C)S4)c3c4c(c(C(=O)OCC(=O)OC5CC(C)(C)N(OC(C)c6ccccc6)C(C)(C)C5)c5c3SC(C)(C)S5)SC(C)(C)S4)c3c1SC(C)(C)S3)SC(C)(C)S2. The Morgan fingerprint density at radius 2 is 0.723 bits per heavy atom. The molecule has 0 saturated carbocycles. The number of nitrogens with zero attached hydrogens (tertiary/aromatic N) is 1. The minimum atomic E-state index is -0.600. The van der Waals surface area contributed by atoms with Crippen molar-refractivity contribution in [2.45, 2.75) is 237 Å². The van der Waals surface area contributed by atoms with E-state index in [-0.39, 0.29) is 34.4 Å². The van der Waals surface area contributed by atoms with E-state index in [4.69, 9.17) is 23.8 Å². The average Bonchev–Trinajstić information content (AvgIpc) is 1.66. The summed E-state index contributed by atoms with van der Waals surface area (Å²) in [5, 5.41) is 2.06. The fourth-order valence-corrected chi connectivity index (χ4v) is 29.6. The molecule has 10 nitrogen and oxygen atoms in total. The summed E-state index contributed by atoms with van der Waals surface area (Å²) in [6, 6.07) is 10.2. The summed E-state index contributed by atoms with van der Waals surface area (Å²) >= 11 is 20.8. The number of hydrogen-bond acceptors (Lipinski definition) is 22. The summed E-state index contributed by atoms with van der Waals surface area (Å²) in [6.07, 6.45) is 0.414. The first-order valence-electron chi connectivity index (χ1n) is 27.4. The molecule has 1 fully saturated rings. The highest BCUT2D eigenvalue weighted by atomic mass is 32.2. The quantitative estimate of drug-likeness (QED) is 0.0760. The average molecular weight is 1350 g/mol. The number of methoxy groups -OCH3 is 2. The van der Waals surface area contributed by atoms with Gasteiger partial charge in [0.1, 0.15) is 12.2 Å². The van der Waals surface area contributed by atoms with Gasteiger partial charge in [0.05, 0.1) is 61.3 Å². The molecule has 445 valence electrons. The third kappa shape index (κ3) is 11.9. The zero-order valence-electron chi connectivity index (χ0n) is 50.2. The van der Waals surface area contributed by atoms with Crippen LogP contribution in [0, 0.1) is 5.92 Å². The van der Waals surface area contributed by atoms with Gasteiger partial charge in [-0.3, -0.25) is 4.84 Å². The van der Waals surface area contributed by atoms with Crippen LogP contribution in [0.5, 0.6) is 0 Å². The molecule has 7 heterocycles. The van der Waals surface area contributed by atoms with Gasteiger partial charge in [0.2, 0.25) is 0 Å². The third-order valence-electron chi connectivity index (χ3n) is 14.6. The van der Waals surface area contributed by atoms with E-state index >= 15 is 4.79 Å². The van der Waals surface area contributed by atoms with E-state index in [1.54, 1.807) is 141 Å². The molecule has 0 bridgehead atoms. The minimum Gasteiger partial charge on any atom is -0.465 e. The summed E-state index contributed by atoms with van der Waals surface area (Å²) < 4.78 is 21.5. The highest BCUT2D eigenvalue weighted by Crippen LogP contribution is 2.75. The first-order chi connectivity index (χ1) is 38.5. The fraction of sp³-hybridized carbons (Fsp3) is 0.525. The van der Waals surface area contributed by atoms with Crippen molar-refractivity contribution >= 4 is 165 Å². The first-order valence-corrected chi connectivity index (χ1v) is 37.2. The van der Waals surface area contributed by atoms with Crippen molar-refractivity contribution in [3.05, 3.63) is 75.2 Å². The summed E-state index contributed by atoms with van der Waals surface area (Å²) in [7, 11) is 2.94. The molecule has 4 aromatic carbocycles. The van der Waals surface area contributed by atoms with Crippen molar-refractivity contribution in [2.24, 2.45) is 0 Å². The first kappa shape index (κ1) is 63.4. The molecular formula is C61H70NO9S12. The Morgan fingerprint density at radius 3 is 1.01 bits per heavy atom. The molecule has 0 amide bonds. The van der Waals surface area contributed by atoms with Gasteiger partial charge in [0.25, 0.3) is 0 Å². The van der Waals surface area contributed by atoms with Crippen molar-refractivity contribution in [1.82, 2.24) is 5.06 Å². The molecule has 4 aromatic rings. The van der Waals surface area contributed by atoms with Crippen molar-refractivity contribution < 1.29 is 43.0 Å². The van der Waals surface area contributed by atoms with Crippen molar-refractivity contribution in [3.8, 4) is 0 Å². The number of carbonyl (C=O) groups excluding carboxylic acids is 4. The molecule has 0 N–H and O–H groups in total. The van der Waals surface area contributed by atoms with Crippen molar-refractivity contribution in [3.63, 3.8) is 0 Å². The number of hydroxylamine groups is 2. The number of ether oxygens (including phenoxy) is 4. The van der Waals surface area contributed by atoms with E-state index in [9.17, 15) is 14.4 Å². The van der Waals surface area contributed by atoms with Crippen LogP contribution in [0.4, 0.5) is 0 Å². The number of rotatable bonds is 12. The van der Waals surface area contributed by atoms with Crippen LogP contribution in [-0.4, -0.2) is 91.4 Å². The van der Waals surface area contributed by atoms with Gasteiger partial charge in [0, 0.05) is 82.7 Å². The lowest BCUT2D eigenvalue weighted by atomic mass is 9.80. The van der Waals surface area contributed by atoms with Gasteiger partial charge < -0.3 is 18.9 Å². The molecular weight excluding hydrogens is 1280 g/mol. The number of carbonyl (C=O) groups is 4. The second kappa shape index (κ2) is 22.1. The van der Waals surface area contributed by atoms with Crippen LogP contribution < -0.4 is 0 Å². The summed E-state index contributed by atoms with van der Waals surface area (Å²) in [5.74, 6) is -0.869. The number of benzene rings is 4. The number of piperidine rings is 1. The standard InChI is InChI=1S/C61H70NO9S12/c1-28(29-23-21-20-22-24-29)71-62-54(2,3)25-30(26-55(62,4)5)70-31(63)27-69-53(66)38-49-43(76-60(14,15)82-49)35(44-50(38)83-61(16,17)77-44)32(33-39-45(78-56(6,7)72-39)36(51(64)67-18)46-40(33)73-57(8,9)79-46)34-41-47(80-58(10,11)74-41)37(52(65)68-19)48-42(34)75-59(12,13)81-48/h20-24,28,30H,25-27H2,1-19H3. The zero-order chi connectivity index (χ0) is 60.3. The Morgan fingerprint density at radius 1 is 0.446 bits per heavy atom. The summed E-state index contributed by atoms with van der Waals surface area (Å²) in [4.78, 5) is 76.3. The molecule has 11 rings (SSSR count). The number of esters is 4. The molecule has 22 heteroatoms. The molecule has 1 saturated heterocycles. The van der Waals surface area contributed by atoms with E-state index in [2.05, 4.69) is 135 Å². The fourth-order valence-electron chi connectivity index (χ4n) is 11.9. The van der Waals surface area contributed by atoms with Crippen LogP contribution in [0.2, 0.25) is 0 Å². The Labute approximate surface area is 540 Å². The molecule has 0 aromatic heterocycles. The highest BCUT2D eigenvalue weighted by molar-refractivity contribution is 8.23. The van der Waals surface area contributed by atoms with E-state index in [1.807, 2.05) is 18.2 Å². The summed E-state index contributed by atoms with van der Waals surface area (Å²) in [5.41, 5.74) is 4.88. The van der Waals surface area contributed by atoms with Gasteiger partial charge in [0.15, 0.2) is 6.61 Å². The monoisotopic (exact) mass is 1340 g/mol. The largest absolute Gasteiger partial charge is 0.465 e. The second-order valence-corrected chi connectivity index (χ2v) is 46.5. The van der Waals surface area contributed by atoms with E-state index in [0.717, 1.165) is 86.9 Å². The second-order valence-electron chi connectivity index (χ2n) is 25.4. The van der Waals surface area contributed by atoms with Crippen LogP contribution in [-0.2, 0) is 28.6 Å². The van der Waals surface area contributed by atoms with Crippen LogP contribution in [0.15, 0.2) is 89.1 Å². The van der Waals surface area contributed by atoms with Crippen molar-refractivity contribution in [2.75, 3.05) is 20.8 Å². The van der Waals surface area contributed by atoms with Gasteiger partial charge in [-0.15, -0.1) is 141 Å². The minimum absolute atomic E-state index is 0.187. The van der Waals surface area contributed by atoms with Crippen LogP contribution in [0.1, 0.15) is 190 Å². The van der Waals surface area contributed by atoms with Crippen molar-refractivity contribution in [1.29, 1.82) is 0 Å². The maximum Gasteiger partial charge on any atom is 0.344 e. The van der Waals surface area contributed by atoms with Crippen LogP contribution in [0.3, 0.4) is 0 Å². The molecule has 7 aliphatic heterocycles. The molecule has 1 radical (unpaired) electrons.